The Morgan fingerprint density at radius 1 is 1.38 bits per heavy atom. The molecule has 1 aromatic carbocycles. The van der Waals surface area contributed by atoms with Gasteiger partial charge in [0.05, 0.1) is 12.5 Å². The number of carbonyl (C=O) groups excluding carboxylic acids is 1. The van der Waals surface area contributed by atoms with Crippen molar-refractivity contribution in [3.05, 3.63) is 34.3 Å². The van der Waals surface area contributed by atoms with Crippen LogP contribution in [0.15, 0.2) is 28.7 Å². The van der Waals surface area contributed by atoms with Gasteiger partial charge < -0.3 is 4.74 Å². The number of halogens is 1. The van der Waals surface area contributed by atoms with Crippen molar-refractivity contribution in [1.29, 1.82) is 0 Å². The standard InChI is InChI=1S/C13H15BrO2/c1-2-16-13(15)12-8-7-11(12)9-3-5-10(14)6-4-9/h3-6,11-12H,2,7-8H2,1H3. The molecule has 0 N–H and O–H groups in total. The van der Waals surface area contributed by atoms with E-state index < -0.39 is 0 Å². The predicted octanol–water partition coefficient (Wildman–Crippen LogP) is 3.51. The molecule has 16 heavy (non-hydrogen) atoms. The van der Waals surface area contributed by atoms with Gasteiger partial charge in [-0.15, -0.1) is 0 Å². The second kappa shape index (κ2) is 5.00. The summed E-state index contributed by atoms with van der Waals surface area (Å²) in [5.74, 6) is 0.384. The predicted molar refractivity (Wildman–Crippen MR) is 66.2 cm³/mol. The van der Waals surface area contributed by atoms with Crippen LogP contribution in [0.25, 0.3) is 0 Å². The lowest BCUT2D eigenvalue weighted by Gasteiger charge is -2.35. The molecule has 2 atom stereocenters. The van der Waals surface area contributed by atoms with Crippen molar-refractivity contribution in [3.8, 4) is 0 Å². The molecule has 2 unspecified atom stereocenters. The van der Waals surface area contributed by atoms with Crippen molar-refractivity contribution in [2.75, 3.05) is 6.61 Å². The highest BCUT2D eigenvalue weighted by molar-refractivity contribution is 9.10. The van der Waals surface area contributed by atoms with E-state index in [-0.39, 0.29) is 11.9 Å². The molecule has 1 aromatic rings. The number of hydrogen-bond donors (Lipinski definition) is 0. The maximum absolute atomic E-state index is 11.6. The first-order valence-corrected chi connectivity index (χ1v) is 6.43. The molecule has 1 aliphatic rings. The van der Waals surface area contributed by atoms with E-state index >= 15 is 0 Å². The number of carbonyl (C=O) groups is 1. The number of esters is 1. The highest BCUT2D eigenvalue weighted by Crippen LogP contribution is 2.43. The third kappa shape index (κ3) is 2.29. The minimum Gasteiger partial charge on any atom is -0.466 e. The van der Waals surface area contributed by atoms with Crippen molar-refractivity contribution >= 4 is 21.9 Å². The van der Waals surface area contributed by atoms with Crippen molar-refractivity contribution in [2.24, 2.45) is 5.92 Å². The minimum absolute atomic E-state index is 0.0401. The summed E-state index contributed by atoms with van der Waals surface area (Å²) in [6, 6.07) is 8.21. The highest BCUT2D eigenvalue weighted by Gasteiger charge is 2.38. The SMILES string of the molecule is CCOC(=O)C1CCC1c1ccc(Br)cc1. The molecule has 1 saturated carbocycles. The van der Waals surface area contributed by atoms with Gasteiger partial charge in [0.25, 0.3) is 0 Å². The van der Waals surface area contributed by atoms with E-state index in [1.54, 1.807) is 0 Å². The Labute approximate surface area is 104 Å². The topological polar surface area (TPSA) is 26.3 Å². The molecule has 0 saturated heterocycles. The van der Waals surface area contributed by atoms with Crippen molar-refractivity contribution < 1.29 is 9.53 Å². The monoisotopic (exact) mass is 282 g/mol. The van der Waals surface area contributed by atoms with Gasteiger partial charge in [-0.05, 0) is 43.4 Å². The van der Waals surface area contributed by atoms with Crippen LogP contribution in [0.2, 0.25) is 0 Å². The van der Waals surface area contributed by atoms with Crippen molar-refractivity contribution in [3.63, 3.8) is 0 Å². The van der Waals surface area contributed by atoms with Crippen LogP contribution in [-0.4, -0.2) is 12.6 Å². The summed E-state index contributed by atoms with van der Waals surface area (Å²) >= 11 is 3.41. The first kappa shape index (κ1) is 11.6. The van der Waals surface area contributed by atoms with E-state index in [0.29, 0.717) is 12.5 Å². The van der Waals surface area contributed by atoms with Crippen molar-refractivity contribution in [1.82, 2.24) is 0 Å². The molecule has 0 amide bonds. The molecule has 0 aromatic heterocycles. The molecule has 0 spiro atoms. The van der Waals surface area contributed by atoms with Gasteiger partial charge in [-0.2, -0.15) is 0 Å². The molecule has 1 aliphatic carbocycles. The Kier molecular flexibility index (Phi) is 3.64. The van der Waals surface area contributed by atoms with E-state index in [4.69, 9.17) is 4.74 Å². The highest BCUT2D eigenvalue weighted by atomic mass is 79.9. The van der Waals surface area contributed by atoms with Gasteiger partial charge in [-0.1, -0.05) is 28.1 Å². The Bertz CT molecular complexity index is 372. The summed E-state index contributed by atoms with van der Waals surface area (Å²) in [6.45, 7) is 2.33. The maximum atomic E-state index is 11.6. The first-order valence-electron chi connectivity index (χ1n) is 5.64. The van der Waals surface area contributed by atoms with Crippen LogP contribution in [0.3, 0.4) is 0 Å². The molecule has 86 valence electrons. The van der Waals surface area contributed by atoms with Gasteiger partial charge in [-0.25, -0.2) is 0 Å². The van der Waals surface area contributed by atoms with Gasteiger partial charge in [-0.3, -0.25) is 4.79 Å². The second-order valence-electron chi connectivity index (χ2n) is 4.09. The summed E-state index contributed by atoms with van der Waals surface area (Å²) in [5.41, 5.74) is 1.24. The largest absolute Gasteiger partial charge is 0.466 e. The van der Waals surface area contributed by atoms with Crippen LogP contribution >= 0.6 is 15.9 Å². The van der Waals surface area contributed by atoms with Gasteiger partial charge in [0, 0.05) is 4.47 Å². The fraction of sp³-hybridized carbons (Fsp3) is 0.462. The molecule has 2 rings (SSSR count). The average Bonchev–Trinajstić information content (AvgIpc) is 2.20. The normalized spacial score (nSPS) is 23.6. The minimum atomic E-state index is -0.0401. The maximum Gasteiger partial charge on any atom is 0.309 e. The fourth-order valence-electron chi connectivity index (χ4n) is 2.14. The third-order valence-electron chi connectivity index (χ3n) is 3.16. The molecule has 0 aliphatic heterocycles. The molecule has 1 fully saturated rings. The Balaban J connectivity index is 2.05. The number of benzene rings is 1. The number of rotatable bonds is 3. The molecule has 3 heteroatoms. The van der Waals surface area contributed by atoms with E-state index in [1.807, 2.05) is 19.1 Å². The lowest BCUT2D eigenvalue weighted by Crippen LogP contribution is -2.32. The average molecular weight is 283 g/mol. The van der Waals surface area contributed by atoms with E-state index in [2.05, 4.69) is 28.1 Å². The zero-order valence-electron chi connectivity index (χ0n) is 9.28. The summed E-state index contributed by atoms with van der Waals surface area (Å²) in [6.07, 6.45) is 2.05. The van der Waals surface area contributed by atoms with Crippen LogP contribution in [0.5, 0.6) is 0 Å². The molecular formula is C13H15BrO2. The van der Waals surface area contributed by atoms with Gasteiger partial charge in [0.2, 0.25) is 0 Å². The molecule has 0 radical (unpaired) electrons. The lowest BCUT2D eigenvalue weighted by atomic mass is 9.70. The summed E-state index contributed by atoms with van der Waals surface area (Å²) in [4.78, 5) is 11.6. The van der Waals surface area contributed by atoms with Crippen LogP contribution in [-0.2, 0) is 9.53 Å². The summed E-state index contributed by atoms with van der Waals surface area (Å²) < 4.78 is 6.15. The Morgan fingerprint density at radius 2 is 2.06 bits per heavy atom. The van der Waals surface area contributed by atoms with Crippen molar-refractivity contribution in [2.45, 2.75) is 25.7 Å². The van der Waals surface area contributed by atoms with Gasteiger partial charge >= 0.3 is 5.97 Å². The van der Waals surface area contributed by atoms with Gasteiger partial charge in [0.15, 0.2) is 0 Å². The Hall–Kier alpha value is -0.830. The van der Waals surface area contributed by atoms with Crippen LogP contribution < -0.4 is 0 Å². The summed E-state index contributed by atoms with van der Waals surface area (Å²) in [5, 5.41) is 0. The molecule has 0 bridgehead atoms. The van der Waals surface area contributed by atoms with E-state index in [0.717, 1.165) is 17.3 Å². The number of hydrogen-bond acceptors (Lipinski definition) is 2. The van der Waals surface area contributed by atoms with Gasteiger partial charge in [0.1, 0.15) is 0 Å². The summed E-state index contributed by atoms with van der Waals surface area (Å²) in [7, 11) is 0. The molecule has 0 heterocycles. The molecule has 2 nitrogen and oxygen atoms in total. The van der Waals surface area contributed by atoms with E-state index in [9.17, 15) is 4.79 Å². The second-order valence-corrected chi connectivity index (χ2v) is 5.01. The quantitative estimate of drug-likeness (QED) is 0.793. The first-order chi connectivity index (χ1) is 7.72. The zero-order valence-corrected chi connectivity index (χ0v) is 10.9. The Morgan fingerprint density at radius 3 is 2.56 bits per heavy atom. The third-order valence-corrected chi connectivity index (χ3v) is 3.69. The van der Waals surface area contributed by atoms with E-state index in [1.165, 1.54) is 5.56 Å². The lowest BCUT2D eigenvalue weighted by molar-refractivity contribution is -0.152. The van der Waals surface area contributed by atoms with Crippen LogP contribution in [0, 0.1) is 5.92 Å². The molecular weight excluding hydrogens is 268 g/mol. The zero-order chi connectivity index (χ0) is 11.5. The number of ether oxygens (including phenoxy) is 1. The smallest absolute Gasteiger partial charge is 0.309 e. The van der Waals surface area contributed by atoms with Crippen LogP contribution in [0.4, 0.5) is 0 Å². The fourth-order valence-corrected chi connectivity index (χ4v) is 2.40. The van der Waals surface area contributed by atoms with Crippen LogP contribution in [0.1, 0.15) is 31.2 Å².